The van der Waals surface area contributed by atoms with E-state index in [1.54, 1.807) is 11.8 Å². The highest BCUT2D eigenvalue weighted by atomic mass is 32.2. The summed E-state index contributed by atoms with van der Waals surface area (Å²) in [5.41, 5.74) is 5.59. The average Bonchev–Trinajstić information content (AvgIpc) is 2.01. The van der Waals surface area contributed by atoms with Crippen molar-refractivity contribution < 1.29 is 4.79 Å². The van der Waals surface area contributed by atoms with Gasteiger partial charge in [0, 0.05) is 12.3 Å². The highest BCUT2D eigenvalue weighted by Crippen LogP contribution is 2.16. The summed E-state index contributed by atoms with van der Waals surface area (Å²) in [6.07, 6.45) is 2.01. The highest BCUT2D eigenvalue weighted by Gasteiger charge is 2.26. The van der Waals surface area contributed by atoms with Crippen molar-refractivity contribution in [1.29, 1.82) is 0 Å². The van der Waals surface area contributed by atoms with Gasteiger partial charge in [0.2, 0.25) is 5.91 Å². The molecule has 3 nitrogen and oxygen atoms in total. The van der Waals surface area contributed by atoms with E-state index in [-0.39, 0.29) is 11.3 Å². The summed E-state index contributed by atoms with van der Waals surface area (Å²) in [5, 5.41) is 2.81. The maximum atomic E-state index is 11.4. The molecule has 1 atom stereocenters. The first-order chi connectivity index (χ1) is 5.89. The van der Waals surface area contributed by atoms with Crippen LogP contribution in [0.2, 0.25) is 0 Å². The van der Waals surface area contributed by atoms with Crippen LogP contribution in [0.15, 0.2) is 0 Å². The van der Waals surface area contributed by atoms with Gasteiger partial charge in [0.1, 0.15) is 0 Å². The summed E-state index contributed by atoms with van der Waals surface area (Å²) < 4.78 is 0. The molecule has 0 aromatic carbocycles. The minimum absolute atomic E-state index is 0.0541. The Morgan fingerprint density at radius 1 is 1.54 bits per heavy atom. The maximum absolute atomic E-state index is 11.4. The zero-order chi connectivity index (χ0) is 10.5. The first-order valence-corrected chi connectivity index (χ1v) is 5.81. The van der Waals surface area contributed by atoms with Crippen LogP contribution < -0.4 is 11.1 Å². The van der Waals surface area contributed by atoms with Crippen molar-refractivity contribution >= 4 is 17.7 Å². The predicted molar refractivity (Wildman–Crippen MR) is 58.8 cm³/mol. The Morgan fingerprint density at radius 2 is 2.08 bits per heavy atom. The summed E-state index contributed by atoms with van der Waals surface area (Å²) >= 11 is 1.71. The Kier molecular flexibility index (Phi) is 5.40. The van der Waals surface area contributed by atoms with E-state index in [2.05, 4.69) is 5.32 Å². The average molecular weight is 204 g/mol. The molecule has 4 heteroatoms. The molecule has 1 unspecified atom stereocenters. The molecule has 1 amide bonds. The minimum Gasteiger partial charge on any atom is -0.354 e. The molecular weight excluding hydrogens is 184 g/mol. The van der Waals surface area contributed by atoms with Crippen LogP contribution in [0.4, 0.5) is 0 Å². The largest absolute Gasteiger partial charge is 0.354 e. The molecule has 0 radical (unpaired) electrons. The quantitative estimate of drug-likeness (QED) is 0.667. The monoisotopic (exact) mass is 204 g/mol. The molecule has 3 N–H and O–H groups in total. The molecule has 13 heavy (non-hydrogen) atoms. The topological polar surface area (TPSA) is 55.1 Å². The number of amides is 1. The normalized spacial score (nSPS) is 13.9. The van der Waals surface area contributed by atoms with Gasteiger partial charge in [-0.1, -0.05) is 20.8 Å². The molecule has 0 saturated heterocycles. The molecule has 0 aromatic rings. The summed E-state index contributed by atoms with van der Waals surface area (Å²) in [5.74, 6) is 0.879. The smallest absolute Gasteiger partial charge is 0.237 e. The van der Waals surface area contributed by atoms with E-state index in [1.165, 1.54) is 0 Å². The molecule has 0 aliphatic carbocycles. The van der Waals surface area contributed by atoms with Crippen molar-refractivity contribution in [1.82, 2.24) is 5.32 Å². The Labute approximate surface area is 84.8 Å². The second-order valence-corrected chi connectivity index (χ2v) is 5.11. The fourth-order valence-corrected chi connectivity index (χ4v) is 1.09. The molecule has 0 aliphatic heterocycles. The second-order valence-electron chi connectivity index (χ2n) is 4.13. The molecule has 0 aliphatic rings. The molecule has 0 saturated carbocycles. The third-order valence-corrected chi connectivity index (χ3v) is 2.43. The Hall–Kier alpha value is -0.220. The fraction of sp³-hybridized carbons (Fsp3) is 0.889. The Morgan fingerprint density at radius 3 is 2.46 bits per heavy atom. The molecule has 78 valence electrons. The lowest BCUT2D eigenvalue weighted by molar-refractivity contribution is -0.124. The Balaban J connectivity index is 3.84. The summed E-state index contributed by atoms with van der Waals surface area (Å²) in [7, 11) is 0. The van der Waals surface area contributed by atoms with Crippen molar-refractivity contribution in [3.8, 4) is 0 Å². The van der Waals surface area contributed by atoms with E-state index in [0.29, 0.717) is 6.54 Å². The summed E-state index contributed by atoms with van der Waals surface area (Å²) in [6.45, 7) is 6.59. The van der Waals surface area contributed by atoms with Gasteiger partial charge in [-0.3, -0.25) is 4.79 Å². The van der Waals surface area contributed by atoms with Crippen molar-refractivity contribution in [2.75, 3.05) is 18.6 Å². The van der Waals surface area contributed by atoms with Gasteiger partial charge in [0.25, 0.3) is 0 Å². The van der Waals surface area contributed by atoms with Gasteiger partial charge >= 0.3 is 0 Å². The fourth-order valence-electron chi connectivity index (χ4n) is 0.780. The van der Waals surface area contributed by atoms with Gasteiger partial charge in [-0.25, -0.2) is 0 Å². The van der Waals surface area contributed by atoms with E-state index in [1.807, 2.05) is 27.0 Å². The summed E-state index contributed by atoms with van der Waals surface area (Å²) in [4.78, 5) is 11.4. The number of nitrogens with one attached hydrogen (secondary N) is 1. The van der Waals surface area contributed by atoms with Crippen LogP contribution in [-0.4, -0.2) is 30.5 Å². The van der Waals surface area contributed by atoms with Gasteiger partial charge in [0.05, 0.1) is 6.04 Å². The third kappa shape index (κ3) is 5.16. The third-order valence-electron chi connectivity index (χ3n) is 1.82. The van der Waals surface area contributed by atoms with Crippen LogP contribution in [0.3, 0.4) is 0 Å². The number of hydrogen-bond donors (Lipinski definition) is 2. The van der Waals surface area contributed by atoms with E-state index in [4.69, 9.17) is 5.73 Å². The van der Waals surface area contributed by atoms with Gasteiger partial charge in [-0.2, -0.15) is 11.8 Å². The molecular formula is C9H20N2OS. The first-order valence-electron chi connectivity index (χ1n) is 4.42. The number of carbonyl (C=O) groups is 1. The van der Waals surface area contributed by atoms with Crippen LogP contribution in [0.25, 0.3) is 0 Å². The maximum Gasteiger partial charge on any atom is 0.237 e. The zero-order valence-corrected chi connectivity index (χ0v) is 9.70. The van der Waals surface area contributed by atoms with Crippen molar-refractivity contribution in [3.63, 3.8) is 0 Å². The van der Waals surface area contributed by atoms with E-state index >= 15 is 0 Å². The first kappa shape index (κ1) is 12.8. The molecule has 0 bridgehead atoms. The van der Waals surface area contributed by atoms with Crippen LogP contribution in [0.5, 0.6) is 0 Å². The Bertz CT molecular complexity index is 165. The van der Waals surface area contributed by atoms with E-state index < -0.39 is 6.04 Å². The molecule has 0 rings (SSSR count). The second kappa shape index (κ2) is 5.50. The van der Waals surface area contributed by atoms with Gasteiger partial charge in [0.15, 0.2) is 0 Å². The lowest BCUT2D eigenvalue weighted by atomic mass is 9.87. The van der Waals surface area contributed by atoms with Crippen LogP contribution in [0, 0.1) is 5.41 Å². The van der Waals surface area contributed by atoms with Crippen molar-refractivity contribution in [3.05, 3.63) is 0 Å². The standard InChI is InChI=1S/C9H20N2OS/c1-9(2,3)7(10)8(12)11-5-6-13-4/h7H,5-6,10H2,1-4H3,(H,11,12). The predicted octanol–water partition coefficient (Wildman–Crippen LogP) is 0.839. The van der Waals surface area contributed by atoms with Gasteiger partial charge < -0.3 is 11.1 Å². The molecule has 0 aromatic heterocycles. The zero-order valence-electron chi connectivity index (χ0n) is 8.89. The number of nitrogens with two attached hydrogens (primary N) is 1. The number of hydrogen-bond acceptors (Lipinski definition) is 3. The molecule has 0 spiro atoms. The van der Waals surface area contributed by atoms with E-state index in [9.17, 15) is 4.79 Å². The van der Waals surface area contributed by atoms with Gasteiger partial charge in [-0.05, 0) is 11.7 Å². The molecule has 0 heterocycles. The highest BCUT2D eigenvalue weighted by molar-refractivity contribution is 7.98. The van der Waals surface area contributed by atoms with Crippen LogP contribution in [-0.2, 0) is 4.79 Å². The minimum atomic E-state index is -0.422. The van der Waals surface area contributed by atoms with Crippen molar-refractivity contribution in [2.45, 2.75) is 26.8 Å². The number of rotatable bonds is 4. The van der Waals surface area contributed by atoms with E-state index in [0.717, 1.165) is 5.75 Å². The van der Waals surface area contributed by atoms with Gasteiger partial charge in [-0.15, -0.1) is 0 Å². The van der Waals surface area contributed by atoms with Crippen LogP contribution >= 0.6 is 11.8 Å². The van der Waals surface area contributed by atoms with Crippen LogP contribution in [0.1, 0.15) is 20.8 Å². The lowest BCUT2D eigenvalue weighted by Gasteiger charge is -2.25. The lowest BCUT2D eigenvalue weighted by Crippen LogP contribution is -2.49. The van der Waals surface area contributed by atoms with Crippen molar-refractivity contribution in [2.24, 2.45) is 11.1 Å². The summed E-state index contributed by atoms with van der Waals surface area (Å²) in [6, 6.07) is -0.422. The molecule has 0 fully saturated rings. The SMILES string of the molecule is CSCCNC(=O)C(N)C(C)(C)C. The number of thioether (sulfide) groups is 1. The number of carbonyl (C=O) groups excluding carboxylic acids is 1.